The van der Waals surface area contributed by atoms with Crippen LogP contribution in [0.2, 0.25) is 0 Å². The van der Waals surface area contributed by atoms with E-state index in [4.69, 9.17) is 12.2 Å². The average Bonchev–Trinajstić information content (AvgIpc) is 2.72. The Kier molecular flexibility index (Phi) is 4.02. The fourth-order valence-electron chi connectivity index (χ4n) is 3.62. The molecule has 1 fully saturated rings. The zero-order valence-electron chi connectivity index (χ0n) is 12.3. The fraction of sp³-hybridized carbons (Fsp3) is 0.471. The lowest BCUT2D eigenvalue weighted by atomic mass is 9.93. The summed E-state index contributed by atoms with van der Waals surface area (Å²) in [7, 11) is 2.37. The molecule has 1 atom stereocenters. The topological polar surface area (TPSA) is 0 Å². The molecule has 0 N–H and O–H groups in total. The third-order valence-electron chi connectivity index (χ3n) is 4.70. The Hall–Kier alpha value is -0.640. The van der Waals surface area contributed by atoms with Crippen LogP contribution in [0.5, 0.6) is 0 Å². The third kappa shape index (κ3) is 2.36. The minimum Gasteiger partial charge on any atom is -0.224 e. The van der Waals surface area contributed by atoms with E-state index in [9.17, 15) is 0 Å². The molecule has 1 unspecified atom stereocenters. The van der Waals surface area contributed by atoms with Crippen molar-refractivity contribution in [2.45, 2.75) is 45.1 Å². The van der Waals surface area contributed by atoms with Crippen LogP contribution in [0, 0.1) is 0 Å². The lowest BCUT2D eigenvalue weighted by Crippen LogP contribution is -2.44. The van der Waals surface area contributed by atoms with Gasteiger partial charge in [-0.25, -0.2) is 3.89 Å². The van der Waals surface area contributed by atoms with Crippen molar-refractivity contribution >= 4 is 34.1 Å². The number of quaternary nitrogens is 1. The van der Waals surface area contributed by atoms with E-state index in [2.05, 4.69) is 44.3 Å². The van der Waals surface area contributed by atoms with Gasteiger partial charge in [-0.15, -0.1) is 0 Å². The number of nitrogens with zero attached hydrogens (tertiary/aromatic N) is 1. The lowest BCUT2D eigenvalue weighted by Gasteiger charge is -2.39. The van der Waals surface area contributed by atoms with Crippen molar-refractivity contribution in [3.8, 4) is 0 Å². The van der Waals surface area contributed by atoms with Gasteiger partial charge in [0, 0.05) is 24.0 Å². The highest BCUT2D eigenvalue weighted by molar-refractivity contribution is 8.20. The number of benzene rings is 1. The molecular formula is C17H22NS2+. The van der Waals surface area contributed by atoms with Crippen LogP contribution in [0.1, 0.15) is 44.6 Å². The van der Waals surface area contributed by atoms with E-state index in [1.807, 2.05) is 11.9 Å². The second-order valence-corrected chi connectivity index (χ2v) is 8.02. The molecule has 0 aromatic heterocycles. The Bertz CT molecular complexity index is 543. The fourth-order valence-corrected chi connectivity index (χ4v) is 5.45. The Balaban J connectivity index is 2.04. The summed E-state index contributed by atoms with van der Waals surface area (Å²) in [6.07, 6.45) is 6.79. The minimum atomic E-state index is 0.708. The molecule has 20 heavy (non-hydrogen) atoms. The molecule has 0 saturated heterocycles. The predicted molar refractivity (Wildman–Crippen MR) is 92.3 cm³/mol. The van der Waals surface area contributed by atoms with Crippen LogP contribution in [0.15, 0.2) is 35.9 Å². The van der Waals surface area contributed by atoms with Crippen LogP contribution >= 0.6 is 24.2 Å². The molecule has 1 heterocycles. The van der Waals surface area contributed by atoms with E-state index in [0.717, 1.165) is 8.08 Å². The van der Waals surface area contributed by atoms with Crippen LogP contribution < -0.4 is 0 Å². The maximum Gasteiger partial charge on any atom is 0.157 e. The largest absolute Gasteiger partial charge is 0.224 e. The Morgan fingerprint density at radius 2 is 1.75 bits per heavy atom. The van der Waals surface area contributed by atoms with Crippen molar-refractivity contribution in [3.05, 3.63) is 41.5 Å². The van der Waals surface area contributed by atoms with E-state index in [1.54, 1.807) is 0 Å². The highest BCUT2D eigenvalue weighted by atomic mass is 32.2. The maximum atomic E-state index is 5.63. The number of hydrogen-bond acceptors (Lipinski definition) is 2. The summed E-state index contributed by atoms with van der Waals surface area (Å²) in [6.45, 7) is 2.20. The van der Waals surface area contributed by atoms with Crippen LogP contribution in [-0.4, -0.2) is 21.2 Å². The van der Waals surface area contributed by atoms with Gasteiger partial charge in [0.1, 0.15) is 22.2 Å². The molecule has 1 aliphatic carbocycles. The molecule has 3 rings (SSSR count). The van der Waals surface area contributed by atoms with Crippen LogP contribution in [0.3, 0.4) is 0 Å². The summed E-state index contributed by atoms with van der Waals surface area (Å²) >= 11 is 7.51. The van der Waals surface area contributed by atoms with Crippen molar-refractivity contribution in [2.75, 3.05) is 7.05 Å². The predicted octanol–water partition coefficient (Wildman–Crippen LogP) is 5.19. The molecule has 0 radical (unpaired) electrons. The molecule has 0 bridgehead atoms. The van der Waals surface area contributed by atoms with E-state index in [1.165, 1.54) is 48.9 Å². The highest BCUT2D eigenvalue weighted by Gasteiger charge is 2.47. The Labute approximate surface area is 131 Å². The van der Waals surface area contributed by atoms with Crippen LogP contribution in [-0.2, 0) is 0 Å². The van der Waals surface area contributed by atoms with Crippen LogP contribution in [0.4, 0.5) is 0 Å². The molecule has 1 aliphatic heterocycles. The second kappa shape index (κ2) is 5.63. The maximum absolute atomic E-state index is 5.63. The van der Waals surface area contributed by atoms with E-state index in [0.29, 0.717) is 6.04 Å². The van der Waals surface area contributed by atoms with Crippen molar-refractivity contribution in [1.82, 2.24) is 0 Å². The molecular weight excluding hydrogens is 282 g/mol. The van der Waals surface area contributed by atoms with Gasteiger partial charge in [0.25, 0.3) is 0 Å². The highest BCUT2D eigenvalue weighted by Crippen LogP contribution is 2.50. The number of thiocarbonyl (C=S) groups is 1. The van der Waals surface area contributed by atoms with Gasteiger partial charge in [0.15, 0.2) is 5.70 Å². The molecule has 1 nitrogen and oxygen atoms in total. The molecule has 0 amide bonds. The van der Waals surface area contributed by atoms with Crippen molar-refractivity contribution < 1.29 is 3.89 Å². The average molecular weight is 305 g/mol. The summed E-state index contributed by atoms with van der Waals surface area (Å²) in [6, 6.07) is 11.5. The van der Waals surface area contributed by atoms with E-state index in [-0.39, 0.29) is 0 Å². The summed E-state index contributed by atoms with van der Waals surface area (Å²) in [5, 5.41) is 0. The standard InChI is InChI=1S/C17H22NS2/c1-13-16(14-9-5-3-6-10-14)18(2,20-17(13)19)15-11-7-4-8-12-15/h3,5-6,9-10,15H,4,7-8,11-12H2,1-2H3/q+1. The van der Waals surface area contributed by atoms with Crippen molar-refractivity contribution in [2.24, 2.45) is 0 Å². The van der Waals surface area contributed by atoms with Crippen LogP contribution in [0.25, 0.3) is 5.70 Å². The van der Waals surface area contributed by atoms with Crippen molar-refractivity contribution in [1.29, 1.82) is 0 Å². The number of rotatable bonds is 2. The quantitative estimate of drug-likeness (QED) is 0.419. The third-order valence-corrected chi connectivity index (χ3v) is 6.56. The minimum absolute atomic E-state index is 0.708. The monoisotopic (exact) mass is 304 g/mol. The molecule has 3 heteroatoms. The van der Waals surface area contributed by atoms with Gasteiger partial charge in [-0.2, -0.15) is 0 Å². The summed E-state index contributed by atoms with van der Waals surface area (Å²) < 4.78 is 2.03. The molecule has 1 aromatic carbocycles. The first-order chi connectivity index (χ1) is 9.63. The van der Waals surface area contributed by atoms with Gasteiger partial charge in [0.05, 0.1) is 7.05 Å². The summed E-state index contributed by atoms with van der Waals surface area (Å²) in [5.74, 6) is 0. The molecule has 106 valence electrons. The SMILES string of the molecule is CC1=C(c2ccccc2)[N+](C)(C2CCCCC2)SC1=S. The smallest absolute Gasteiger partial charge is 0.157 e. The normalized spacial score (nSPS) is 28.2. The van der Waals surface area contributed by atoms with E-state index < -0.39 is 0 Å². The first kappa shape index (κ1) is 14.3. The van der Waals surface area contributed by atoms with E-state index >= 15 is 0 Å². The van der Waals surface area contributed by atoms with Gasteiger partial charge < -0.3 is 0 Å². The Morgan fingerprint density at radius 1 is 1.10 bits per heavy atom. The van der Waals surface area contributed by atoms with Gasteiger partial charge in [-0.05, 0) is 31.9 Å². The molecule has 1 aromatic rings. The van der Waals surface area contributed by atoms with Gasteiger partial charge in [-0.1, -0.05) is 36.8 Å². The summed E-state index contributed by atoms with van der Waals surface area (Å²) in [4.78, 5) is 0. The lowest BCUT2D eigenvalue weighted by molar-refractivity contribution is -0.726. The van der Waals surface area contributed by atoms with Crippen molar-refractivity contribution in [3.63, 3.8) is 0 Å². The molecule has 1 saturated carbocycles. The first-order valence-corrected chi connectivity index (χ1v) is 8.68. The molecule has 2 aliphatic rings. The van der Waals surface area contributed by atoms with Gasteiger partial charge in [-0.3, -0.25) is 0 Å². The van der Waals surface area contributed by atoms with Gasteiger partial charge >= 0.3 is 0 Å². The number of hydrogen-bond donors (Lipinski definition) is 0. The zero-order valence-corrected chi connectivity index (χ0v) is 13.9. The second-order valence-electron chi connectivity index (χ2n) is 6.00. The summed E-state index contributed by atoms with van der Waals surface area (Å²) in [5.41, 5.74) is 4.09. The molecule has 0 spiro atoms. The Morgan fingerprint density at radius 3 is 2.40 bits per heavy atom. The van der Waals surface area contributed by atoms with Gasteiger partial charge in [0.2, 0.25) is 0 Å². The zero-order chi connectivity index (χ0) is 14.2. The first-order valence-electron chi connectivity index (χ1n) is 7.50.